The van der Waals surface area contributed by atoms with Crippen molar-refractivity contribution in [1.29, 1.82) is 0 Å². The summed E-state index contributed by atoms with van der Waals surface area (Å²) in [5.74, 6) is -0.276. The Hall–Kier alpha value is -0.490. The molecule has 0 aromatic heterocycles. The maximum absolute atomic E-state index is 11.6. The molecule has 0 aromatic rings. The first-order chi connectivity index (χ1) is 7.05. The van der Waals surface area contributed by atoms with E-state index in [0.29, 0.717) is 6.54 Å². The average molecular weight is 272 g/mol. The minimum absolute atomic E-state index is 0.0389. The van der Waals surface area contributed by atoms with Crippen LogP contribution in [0.3, 0.4) is 0 Å². The van der Waals surface area contributed by atoms with Crippen LogP contribution in [0.25, 0.3) is 0 Å². The number of rotatable bonds is 4. The molecule has 1 amide bonds. The van der Waals surface area contributed by atoms with Crippen LogP contribution in [0.5, 0.6) is 0 Å². The van der Waals surface area contributed by atoms with E-state index in [-0.39, 0.29) is 12.3 Å². The molecule has 7 heteroatoms. The lowest BCUT2D eigenvalue weighted by atomic mass is 10.2. The standard InChI is InChI=1S/C9H18ClNO4S/c1-5-11(6-7-16(10,13)14)8(12)15-9(2,3)4/h5-7H2,1-4H3. The first-order valence-corrected chi connectivity index (χ1v) is 7.43. The molecule has 16 heavy (non-hydrogen) atoms. The Labute approximate surface area is 101 Å². The van der Waals surface area contributed by atoms with Crippen molar-refractivity contribution in [1.82, 2.24) is 4.90 Å². The third-order valence-electron chi connectivity index (χ3n) is 1.64. The number of carbonyl (C=O) groups is 1. The van der Waals surface area contributed by atoms with Crippen LogP contribution < -0.4 is 0 Å². The van der Waals surface area contributed by atoms with Gasteiger partial charge in [0, 0.05) is 23.8 Å². The highest BCUT2D eigenvalue weighted by molar-refractivity contribution is 8.13. The Balaban J connectivity index is 4.34. The number of nitrogens with zero attached hydrogens (tertiary/aromatic N) is 1. The summed E-state index contributed by atoms with van der Waals surface area (Å²) in [5, 5.41) is 0. The maximum Gasteiger partial charge on any atom is 0.410 e. The second-order valence-corrected chi connectivity index (χ2v) is 7.20. The van der Waals surface area contributed by atoms with Crippen molar-refractivity contribution in [2.45, 2.75) is 33.3 Å². The van der Waals surface area contributed by atoms with Gasteiger partial charge in [0.15, 0.2) is 0 Å². The van der Waals surface area contributed by atoms with Crippen molar-refractivity contribution in [3.05, 3.63) is 0 Å². The van der Waals surface area contributed by atoms with Gasteiger partial charge in [-0.15, -0.1) is 0 Å². The summed E-state index contributed by atoms with van der Waals surface area (Å²) in [7, 11) is 1.48. The van der Waals surface area contributed by atoms with Gasteiger partial charge in [-0.1, -0.05) is 0 Å². The molecule has 0 saturated heterocycles. The van der Waals surface area contributed by atoms with Gasteiger partial charge in [-0.3, -0.25) is 0 Å². The van der Waals surface area contributed by atoms with E-state index in [1.165, 1.54) is 4.90 Å². The summed E-state index contributed by atoms with van der Waals surface area (Å²) in [4.78, 5) is 12.9. The van der Waals surface area contributed by atoms with Crippen molar-refractivity contribution < 1.29 is 17.9 Å². The number of ether oxygens (including phenoxy) is 1. The molecule has 0 fully saturated rings. The molecule has 0 aliphatic rings. The van der Waals surface area contributed by atoms with Gasteiger partial charge >= 0.3 is 6.09 Å². The Morgan fingerprint density at radius 3 is 2.19 bits per heavy atom. The van der Waals surface area contributed by atoms with Gasteiger partial charge in [-0.25, -0.2) is 13.2 Å². The van der Waals surface area contributed by atoms with E-state index in [1.54, 1.807) is 27.7 Å². The fraction of sp³-hybridized carbons (Fsp3) is 0.889. The summed E-state index contributed by atoms with van der Waals surface area (Å²) in [6.07, 6.45) is -0.532. The summed E-state index contributed by atoms with van der Waals surface area (Å²) in [5.41, 5.74) is -0.593. The van der Waals surface area contributed by atoms with Crippen molar-refractivity contribution in [2.24, 2.45) is 0 Å². The number of amides is 1. The Bertz CT molecular complexity index is 334. The molecule has 5 nitrogen and oxygen atoms in total. The molecule has 0 N–H and O–H groups in total. The fourth-order valence-electron chi connectivity index (χ4n) is 0.924. The predicted molar refractivity (Wildman–Crippen MR) is 63.1 cm³/mol. The van der Waals surface area contributed by atoms with Crippen molar-refractivity contribution in [3.8, 4) is 0 Å². The largest absolute Gasteiger partial charge is 0.444 e. The minimum atomic E-state index is -3.58. The molecule has 0 bridgehead atoms. The third-order valence-corrected chi connectivity index (χ3v) is 2.77. The predicted octanol–water partition coefficient (Wildman–Crippen LogP) is 1.81. The molecule has 0 rings (SSSR count). The van der Waals surface area contributed by atoms with Crippen LogP contribution >= 0.6 is 10.7 Å². The highest BCUT2D eigenvalue weighted by Crippen LogP contribution is 2.10. The monoisotopic (exact) mass is 271 g/mol. The molecule has 96 valence electrons. The van der Waals surface area contributed by atoms with Crippen LogP contribution in [0.1, 0.15) is 27.7 Å². The first-order valence-electron chi connectivity index (χ1n) is 4.95. The number of halogens is 1. The number of hydrogen-bond donors (Lipinski definition) is 0. The molecule has 0 aliphatic heterocycles. The van der Waals surface area contributed by atoms with Crippen molar-refractivity contribution in [2.75, 3.05) is 18.8 Å². The zero-order chi connectivity index (χ0) is 13.0. The molecule has 0 aromatic carbocycles. The third kappa shape index (κ3) is 7.76. The van der Waals surface area contributed by atoms with Gasteiger partial charge < -0.3 is 9.64 Å². The maximum atomic E-state index is 11.6. The minimum Gasteiger partial charge on any atom is -0.444 e. The van der Waals surface area contributed by atoms with Crippen molar-refractivity contribution in [3.63, 3.8) is 0 Å². The van der Waals surface area contributed by atoms with Gasteiger partial charge in [0.1, 0.15) is 5.60 Å². The van der Waals surface area contributed by atoms with Gasteiger partial charge in [-0.2, -0.15) is 0 Å². The Morgan fingerprint density at radius 2 is 1.88 bits per heavy atom. The van der Waals surface area contributed by atoms with Crippen LogP contribution in [-0.4, -0.2) is 43.9 Å². The summed E-state index contributed by atoms with van der Waals surface area (Å²) in [6.45, 7) is 7.40. The summed E-state index contributed by atoms with van der Waals surface area (Å²) in [6, 6.07) is 0. The molecule has 0 saturated carbocycles. The second-order valence-electron chi connectivity index (χ2n) is 4.30. The van der Waals surface area contributed by atoms with E-state index in [1.807, 2.05) is 0 Å². The first kappa shape index (κ1) is 15.5. The quantitative estimate of drug-likeness (QED) is 0.732. The van der Waals surface area contributed by atoms with Crippen molar-refractivity contribution >= 4 is 25.8 Å². The van der Waals surface area contributed by atoms with Crippen LogP contribution in [-0.2, 0) is 13.8 Å². The number of carbonyl (C=O) groups excluding carboxylic acids is 1. The lowest BCUT2D eigenvalue weighted by Crippen LogP contribution is -2.38. The summed E-state index contributed by atoms with van der Waals surface area (Å²) < 4.78 is 26.6. The highest BCUT2D eigenvalue weighted by Gasteiger charge is 2.22. The molecule has 0 atom stereocenters. The SMILES string of the molecule is CCN(CCS(=O)(=O)Cl)C(=O)OC(C)(C)C. The molecule has 0 unspecified atom stereocenters. The Morgan fingerprint density at radius 1 is 1.38 bits per heavy atom. The van der Waals surface area contributed by atoms with Gasteiger partial charge in [0.25, 0.3) is 0 Å². The van der Waals surface area contributed by atoms with E-state index in [4.69, 9.17) is 15.4 Å². The van der Waals surface area contributed by atoms with Crippen LogP contribution in [0.2, 0.25) is 0 Å². The lowest BCUT2D eigenvalue weighted by molar-refractivity contribution is 0.0272. The van der Waals surface area contributed by atoms with Crippen LogP contribution in [0, 0.1) is 0 Å². The van der Waals surface area contributed by atoms with E-state index in [9.17, 15) is 13.2 Å². The van der Waals surface area contributed by atoms with E-state index in [0.717, 1.165) is 0 Å². The van der Waals surface area contributed by atoms with Gasteiger partial charge in [0.05, 0.1) is 5.75 Å². The summed E-state index contributed by atoms with van der Waals surface area (Å²) >= 11 is 0. The zero-order valence-electron chi connectivity index (χ0n) is 9.99. The fourth-order valence-corrected chi connectivity index (χ4v) is 1.57. The zero-order valence-corrected chi connectivity index (χ0v) is 11.6. The molecule has 0 spiro atoms. The van der Waals surface area contributed by atoms with E-state index < -0.39 is 20.7 Å². The van der Waals surface area contributed by atoms with Crippen LogP contribution in [0.15, 0.2) is 0 Å². The van der Waals surface area contributed by atoms with E-state index >= 15 is 0 Å². The molecular formula is C9H18ClNO4S. The number of hydrogen-bond acceptors (Lipinski definition) is 4. The topological polar surface area (TPSA) is 63.7 Å². The second kappa shape index (κ2) is 5.72. The van der Waals surface area contributed by atoms with E-state index in [2.05, 4.69) is 0 Å². The Kier molecular flexibility index (Phi) is 5.55. The smallest absolute Gasteiger partial charge is 0.410 e. The highest BCUT2D eigenvalue weighted by atomic mass is 35.7. The van der Waals surface area contributed by atoms with Crippen LogP contribution in [0.4, 0.5) is 4.79 Å². The average Bonchev–Trinajstić information content (AvgIpc) is 1.99. The lowest BCUT2D eigenvalue weighted by Gasteiger charge is -2.26. The molecule has 0 radical (unpaired) electrons. The van der Waals surface area contributed by atoms with Gasteiger partial charge in [-0.05, 0) is 27.7 Å². The van der Waals surface area contributed by atoms with Gasteiger partial charge in [0.2, 0.25) is 9.05 Å². The molecule has 0 aliphatic carbocycles. The normalized spacial score (nSPS) is 12.3. The molecule has 0 heterocycles. The molecular weight excluding hydrogens is 254 g/mol.